The molecule has 37 heavy (non-hydrogen) atoms. The lowest BCUT2D eigenvalue weighted by Crippen LogP contribution is -2.57. The molecule has 0 bridgehead atoms. The average Bonchev–Trinajstić information content (AvgIpc) is 3.20. The third kappa shape index (κ3) is 4.56. The van der Waals surface area contributed by atoms with Crippen LogP contribution >= 0.6 is 0 Å². The Morgan fingerprint density at radius 1 is 1.03 bits per heavy atom. The summed E-state index contributed by atoms with van der Waals surface area (Å²) in [4.78, 5) is 45.3. The summed E-state index contributed by atoms with van der Waals surface area (Å²) in [7, 11) is 1.63. The van der Waals surface area contributed by atoms with Crippen molar-refractivity contribution >= 4 is 17.7 Å². The summed E-state index contributed by atoms with van der Waals surface area (Å²) in [5, 5.41) is 2.35. The van der Waals surface area contributed by atoms with Crippen LogP contribution in [0.4, 0.5) is 0 Å². The quantitative estimate of drug-likeness (QED) is 0.604. The summed E-state index contributed by atoms with van der Waals surface area (Å²) in [6, 6.07) is 9.42. The number of nitrogens with zero attached hydrogens (tertiary/aromatic N) is 3. The van der Waals surface area contributed by atoms with E-state index in [-0.39, 0.29) is 24.3 Å². The molecule has 3 atom stereocenters. The Kier molecular flexibility index (Phi) is 6.32. The van der Waals surface area contributed by atoms with Gasteiger partial charge < -0.3 is 14.4 Å². The number of rotatable bonds is 6. The smallest absolute Gasteiger partial charge is 0.255 e. The van der Waals surface area contributed by atoms with Crippen LogP contribution < -0.4 is 14.8 Å². The van der Waals surface area contributed by atoms with Gasteiger partial charge in [0.05, 0.1) is 7.11 Å². The van der Waals surface area contributed by atoms with Crippen molar-refractivity contribution < 1.29 is 23.9 Å². The highest BCUT2D eigenvalue weighted by Gasteiger charge is 2.41. The molecule has 2 saturated heterocycles. The monoisotopic (exact) mass is 504 g/mol. The van der Waals surface area contributed by atoms with Crippen molar-refractivity contribution in [3.8, 4) is 11.6 Å². The number of methoxy groups -OCH3 is 1. The van der Waals surface area contributed by atoms with Crippen molar-refractivity contribution in [1.29, 1.82) is 0 Å². The zero-order valence-corrected chi connectivity index (χ0v) is 21.0. The molecule has 9 heteroatoms. The Morgan fingerprint density at radius 3 is 2.62 bits per heavy atom. The third-order valence-corrected chi connectivity index (χ3v) is 8.27. The van der Waals surface area contributed by atoms with Crippen LogP contribution in [-0.2, 0) is 16.1 Å². The number of ether oxygens (including phenoxy) is 2. The Labute approximate surface area is 216 Å². The van der Waals surface area contributed by atoms with Gasteiger partial charge in [-0.2, -0.15) is 0 Å². The Morgan fingerprint density at radius 2 is 1.86 bits per heavy atom. The number of benzene rings is 1. The Bertz CT molecular complexity index is 1210. The second-order valence-corrected chi connectivity index (χ2v) is 10.5. The first-order valence-electron chi connectivity index (χ1n) is 13.2. The van der Waals surface area contributed by atoms with E-state index in [4.69, 9.17) is 9.47 Å². The highest BCUT2D eigenvalue weighted by atomic mass is 16.5. The Hall–Kier alpha value is -3.46. The molecule has 0 spiro atoms. The van der Waals surface area contributed by atoms with Gasteiger partial charge in [-0.15, -0.1) is 0 Å². The molecule has 4 aliphatic rings. The minimum atomic E-state index is -0.607. The van der Waals surface area contributed by atoms with Crippen molar-refractivity contribution in [2.45, 2.75) is 69.2 Å². The van der Waals surface area contributed by atoms with E-state index in [0.29, 0.717) is 36.4 Å². The number of nitrogens with one attached hydrogen (secondary N) is 1. The molecule has 9 nitrogen and oxygen atoms in total. The zero-order chi connectivity index (χ0) is 25.5. The van der Waals surface area contributed by atoms with Gasteiger partial charge >= 0.3 is 0 Å². The highest BCUT2D eigenvalue weighted by molar-refractivity contribution is 6.05. The second kappa shape index (κ2) is 9.78. The summed E-state index contributed by atoms with van der Waals surface area (Å²) in [5.41, 5.74) is 2.72. The van der Waals surface area contributed by atoms with Crippen molar-refractivity contribution in [3.05, 3.63) is 53.2 Å². The molecule has 4 heterocycles. The van der Waals surface area contributed by atoms with Gasteiger partial charge in [-0.1, -0.05) is 12.5 Å². The molecule has 1 N–H and O–H groups in total. The number of likely N-dealkylation sites (tertiary alicyclic amines) is 1. The Balaban J connectivity index is 1.10. The predicted molar refractivity (Wildman–Crippen MR) is 134 cm³/mol. The van der Waals surface area contributed by atoms with Crippen molar-refractivity contribution in [2.75, 3.05) is 20.2 Å². The molecule has 3 aliphatic heterocycles. The number of hydrogen-bond donors (Lipinski definition) is 1. The first kappa shape index (κ1) is 23.9. The lowest BCUT2D eigenvalue weighted by Gasteiger charge is -2.48. The molecule has 1 unspecified atom stereocenters. The van der Waals surface area contributed by atoms with Crippen LogP contribution in [0.2, 0.25) is 0 Å². The first-order chi connectivity index (χ1) is 18.0. The number of carbonyl (C=O) groups is 3. The second-order valence-electron chi connectivity index (χ2n) is 10.5. The van der Waals surface area contributed by atoms with Crippen LogP contribution in [0, 0.1) is 0 Å². The summed E-state index contributed by atoms with van der Waals surface area (Å²) in [6.07, 6.45) is 7.10. The number of fused-ring (bicyclic) bond motifs is 1. The van der Waals surface area contributed by atoms with Gasteiger partial charge in [-0.05, 0) is 55.0 Å². The minimum absolute atomic E-state index is 0.102. The number of imide groups is 1. The van der Waals surface area contributed by atoms with Gasteiger partial charge in [0.15, 0.2) is 0 Å². The lowest BCUT2D eigenvalue weighted by atomic mass is 9.85. The summed E-state index contributed by atoms with van der Waals surface area (Å²) in [6.45, 7) is 2.35. The maximum absolute atomic E-state index is 13.0. The van der Waals surface area contributed by atoms with Crippen LogP contribution in [0.15, 0.2) is 36.5 Å². The number of amides is 3. The molecule has 3 amide bonds. The topological polar surface area (TPSA) is 101 Å². The number of piperidine rings is 1. The molecular formula is C28H32N4O5. The first-order valence-corrected chi connectivity index (χ1v) is 13.2. The van der Waals surface area contributed by atoms with E-state index in [9.17, 15) is 14.4 Å². The molecule has 6 rings (SSSR count). The van der Waals surface area contributed by atoms with Gasteiger partial charge in [0, 0.05) is 55.8 Å². The molecule has 2 aromatic rings. The van der Waals surface area contributed by atoms with E-state index in [0.717, 1.165) is 43.7 Å². The SMILES string of the molecule is COc1ccc(C2CN([C@@H]3CCCC[C@H]3Oc3ccc4c(c3)CN(C3CCC(=O)NC3=O)C4=O)C2)cn1. The normalized spacial score (nSPS) is 26.5. The van der Waals surface area contributed by atoms with E-state index in [1.165, 1.54) is 12.0 Å². The van der Waals surface area contributed by atoms with Gasteiger partial charge in [-0.3, -0.25) is 24.6 Å². The van der Waals surface area contributed by atoms with Gasteiger partial charge in [0.25, 0.3) is 5.91 Å². The predicted octanol–water partition coefficient (Wildman–Crippen LogP) is 2.64. The van der Waals surface area contributed by atoms with Crippen LogP contribution in [-0.4, -0.2) is 70.9 Å². The van der Waals surface area contributed by atoms with E-state index >= 15 is 0 Å². The maximum Gasteiger partial charge on any atom is 0.255 e. The van der Waals surface area contributed by atoms with Crippen molar-refractivity contribution in [2.24, 2.45) is 0 Å². The van der Waals surface area contributed by atoms with E-state index in [2.05, 4.69) is 21.3 Å². The van der Waals surface area contributed by atoms with Gasteiger partial charge in [0.2, 0.25) is 17.7 Å². The summed E-state index contributed by atoms with van der Waals surface area (Å²) in [5.74, 6) is 1.05. The standard InChI is InChI=1S/C28H32N4O5/c1-36-26-11-6-17(13-29-26)19-14-31(15-19)22-4-2-3-5-24(22)37-20-7-8-21-18(12-20)16-32(28(21)35)23-9-10-25(33)30-27(23)34/h6-8,11-13,19,22-24H,2-5,9-10,14-16H2,1H3,(H,30,33,34)/t22-,23?,24-/m1/s1. The van der Waals surface area contributed by atoms with E-state index in [1.807, 2.05) is 30.5 Å². The highest BCUT2D eigenvalue weighted by Crippen LogP contribution is 2.36. The fourth-order valence-corrected chi connectivity index (χ4v) is 6.18. The molecule has 1 aliphatic carbocycles. The van der Waals surface area contributed by atoms with Crippen LogP contribution in [0.1, 0.15) is 65.9 Å². The number of aromatic nitrogens is 1. The number of hydrogen-bond acceptors (Lipinski definition) is 7. The van der Waals surface area contributed by atoms with Gasteiger partial charge in [0.1, 0.15) is 17.9 Å². The molecule has 194 valence electrons. The lowest BCUT2D eigenvalue weighted by molar-refractivity contribution is -0.136. The van der Waals surface area contributed by atoms with Crippen molar-refractivity contribution in [1.82, 2.24) is 20.1 Å². The molecular weight excluding hydrogens is 472 g/mol. The fourth-order valence-electron chi connectivity index (χ4n) is 6.18. The largest absolute Gasteiger partial charge is 0.489 e. The molecule has 1 aromatic carbocycles. The zero-order valence-electron chi connectivity index (χ0n) is 21.0. The van der Waals surface area contributed by atoms with Crippen LogP contribution in [0.5, 0.6) is 11.6 Å². The molecule has 1 aromatic heterocycles. The summed E-state index contributed by atoms with van der Waals surface area (Å²) >= 11 is 0. The van der Waals surface area contributed by atoms with Crippen LogP contribution in [0.25, 0.3) is 0 Å². The van der Waals surface area contributed by atoms with Crippen molar-refractivity contribution in [3.63, 3.8) is 0 Å². The number of carbonyl (C=O) groups excluding carboxylic acids is 3. The molecule has 1 saturated carbocycles. The maximum atomic E-state index is 13.0. The molecule has 3 fully saturated rings. The third-order valence-electron chi connectivity index (χ3n) is 8.27. The van der Waals surface area contributed by atoms with Gasteiger partial charge in [-0.25, -0.2) is 4.98 Å². The van der Waals surface area contributed by atoms with E-state index in [1.54, 1.807) is 12.0 Å². The fraction of sp³-hybridized carbons (Fsp3) is 0.500. The summed E-state index contributed by atoms with van der Waals surface area (Å²) < 4.78 is 11.7. The molecule has 0 radical (unpaired) electrons. The average molecular weight is 505 g/mol. The number of pyridine rings is 1. The van der Waals surface area contributed by atoms with Crippen LogP contribution in [0.3, 0.4) is 0 Å². The minimum Gasteiger partial charge on any atom is -0.489 e. The van der Waals surface area contributed by atoms with E-state index < -0.39 is 11.9 Å².